The molecule has 48 heavy (non-hydrogen) atoms. The molecule has 0 radical (unpaired) electrons. The fraction of sp³-hybridized carbons (Fsp3) is 0.119. The van der Waals surface area contributed by atoms with Gasteiger partial charge in [0.2, 0.25) is 0 Å². The van der Waals surface area contributed by atoms with Gasteiger partial charge in [0, 0.05) is 45.0 Å². The minimum absolute atomic E-state index is 0.0707. The molecule has 2 aromatic heterocycles. The lowest BCUT2D eigenvalue weighted by molar-refractivity contribution is 0.259. The van der Waals surface area contributed by atoms with Gasteiger partial charge in [0.15, 0.2) is 0 Å². The third kappa shape index (κ3) is 4.33. The first-order chi connectivity index (χ1) is 23.8. The molecular formula is C42H32N4O2. The molecule has 10 rings (SSSR count). The maximum absolute atomic E-state index is 6.63. The number of furan rings is 2. The zero-order valence-corrected chi connectivity index (χ0v) is 26.1. The number of hydrogen-bond donors (Lipinski definition) is 3. The normalized spacial score (nSPS) is 23.2. The summed E-state index contributed by atoms with van der Waals surface area (Å²) in [6.07, 6.45) is 7.26. The second-order valence-corrected chi connectivity index (χ2v) is 12.8. The zero-order chi connectivity index (χ0) is 31.6. The summed E-state index contributed by atoms with van der Waals surface area (Å²) in [7, 11) is 0. The van der Waals surface area contributed by atoms with E-state index in [1.165, 1.54) is 11.1 Å². The Morgan fingerprint density at radius 2 is 1.42 bits per heavy atom. The van der Waals surface area contributed by atoms with E-state index in [1.54, 1.807) is 0 Å². The monoisotopic (exact) mass is 624 g/mol. The zero-order valence-electron chi connectivity index (χ0n) is 26.1. The van der Waals surface area contributed by atoms with Crippen molar-refractivity contribution in [2.45, 2.75) is 24.8 Å². The lowest BCUT2D eigenvalue weighted by atomic mass is 9.86. The number of hydrogen-bond acceptors (Lipinski definition) is 6. The average Bonchev–Trinajstić information content (AvgIpc) is 3.74. The Morgan fingerprint density at radius 3 is 2.31 bits per heavy atom. The lowest BCUT2D eigenvalue weighted by Gasteiger charge is -2.41. The van der Waals surface area contributed by atoms with Crippen LogP contribution in [-0.2, 0) is 6.42 Å². The third-order valence-corrected chi connectivity index (χ3v) is 10.0. The summed E-state index contributed by atoms with van der Waals surface area (Å²) in [5.41, 5.74) is 9.55. The molecule has 1 fully saturated rings. The van der Waals surface area contributed by atoms with Gasteiger partial charge >= 0.3 is 0 Å². The van der Waals surface area contributed by atoms with Crippen LogP contribution in [0.1, 0.15) is 45.8 Å². The Kier molecular flexibility index (Phi) is 6.17. The van der Waals surface area contributed by atoms with Crippen molar-refractivity contribution < 1.29 is 8.83 Å². The summed E-state index contributed by atoms with van der Waals surface area (Å²) in [5, 5.41) is 15.0. The van der Waals surface area contributed by atoms with E-state index < -0.39 is 0 Å². The van der Waals surface area contributed by atoms with Gasteiger partial charge in [0.25, 0.3) is 0 Å². The van der Waals surface area contributed by atoms with Gasteiger partial charge in [-0.3, -0.25) is 10.3 Å². The molecule has 0 amide bonds. The summed E-state index contributed by atoms with van der Waals surface area (Å²) < 4.78 is 12.9. The Hall–Kier alpha value is -5.85. The number of nitrogens with one attached hydrogen (secondary N) is 3. The summed E-state index contributed by atoms with van der Waals surface area (Å²) in [6, 6.07) is 41.7. The number of para-hydroxylation sites is 2. The van der Waals surface area contributed by atoms with E-state index >= 15 is 0 Å². The Morgan fingerprint density at radius 1 is 0.667 bits per heavy atom. The van der Waals surface area contributed by atoms with E-state index in [4.69, 9.17) is 13.8 Å². The molecule has 3 aliphatic rings. The van der Waals surface area contributed by atoms with Gasteiger partial charge in [0.05, 0.1) is 6.17 Å². The van der Waals surface area contributed by atoms with E-state index in [9.17, 15) is 0 Å². The molecule has 7 aromatic rings. The van der Waals surface area contributed by atoms with Crippen LogP contribution in [0.3, 0.4) is 0 Å². The van der Waals surface area contributed by atoms with Crippen LogP contribution in [0.5, 0.6) is 0 Å². The van der Waals surface area contributed by atoms with Crippen LogP contribution in [0.4, 0.5) is 0 Å². The van der Waals surface area contributed by atoms with E-state index in [1.807, 2.05) is 36.5 Å². The Bertz CT molecular complexity index is 2450. The molecule has 4 atom stereocenters. The van der Waals surface area contributed by atoms with Crippen molar-refractivity contribution in [3.63, 3.8) is 0 Å². The van der Waals surface area contributed by atoms with E-state index in [2.05, 4.69) is 119 Å². The van der Waals surface area contributed by atoms with Gasteiger partial charge in [-0.05, 0) is 41.3 Å². The second-order valence-electron chi connectivity index (χ2n) is 12.8. The number of benzene rings is 5. The van der Waals surface area contributed by atoms with Crippen molar-refractivity contribution in [2.75, 3.05) is 0 Å². The van der Waals surface area contributed by atoms with E-state index in [0.29, 0.717) is 0 Å². The molecule has 0 saturated carbocycles. The van der Waals surface area contributed by atoms with E-state index in [0.717, 1.165) is 73.2 Å². The number of allylic oxidation sites excluding steroid dienone is 1. The van der Waals surface area contributed by atoms with Crippen molar-refractivity contribution in [3.8, 4) is 0 Å². The number of aliphatic imine (C=N–C) groups is 1. The van der Waals surface area contributed by atoms with Crippen LogP contribution in [0, 0.1) is 5.92 Å². The molecule has 6 nitrogen and oxygen atoms in total. The number of fused-ring (bicyclic) bond motifs is 7. The highest BCUT2D eigenvalue weighted by Gasteiger charge is 2.36. The fourth-order valence-electron chi connectivity index (χ4n) is 7.74. The van der Waals surface area contributed by atoms with Crippen molar-refractivity contribution >= 4 is 50.8 Å². The Balaban J connectivity index is 1.15. The second kappa shape index (κ2) is 10.9. The van der Waals surface area contributed by atoms with Crippen LogP contribution in [0.2, 0.25) is 0 Å². The molecule has 2 aliphatic heterocycles. The van der Waals surface area contributed by atoms with Gasteiger partial charge in [-0.25, -0.2) is 0 Å². The molecule has 1 aliphatic carbocycles. The summed E-state index contributed by atoms with van der Waals surface area (Å²) in [6.45, 7) is 0. The average molecular weight is 625 g/mol. The van der Waals surface area contributed by atoms with Gasteiger partial charge in [0.1, 0.15) is 40.5 Å². The highest BCUT2D eigenvalue weighted by atomic mass is 16.3. The van der Waals surface area contributed by atoms with Crippen molar-refractivity contribution in [2.24, 2.45) is 10.9 Å². The molecule has 5 aromatic carbocycles. The third-order valence-electron chi connectivity index (χ3n) is 10.0. The first-order valence-electron chi connectivity index (χ1n) is 16.6. The van der Waals surface area contributed by atoms with E-state index in [-0.39, 0.29) is 24.3 Å². The molecule has 4 unspecified atom stereocenters. The molecule has 3 N–H and O–H groups in total. The van der Waals surface area contributed by atoms with Gasteiger partial charge in [-0.2, -0.15) is 0 Å². The summed E-state index contributed by atoms with van der Waals surface area (Å²) >= 11 is 0. The summed E-state index contributed by atoms with van der Waals surface area (Å²) in [4.78, 5) is 5.13. The maximum Gasteiger partial charge on any atom is 0.142 e. The minimum Gasteiger partial charge on any atom is -0.458 e. The van der Waals surface area contributed by atoms with Crippen LogP contribution in [0.15, 0.2) is 147 Å². The van der Waals surface area contributed by atoms with Gasteiger partial charge in [-0.15, -0.1) is 0 Å². The number of nitrogens with zero attached hydrogens (tertiary/aromatic N) is 1. The van der Waals surface area contributed by atoms with Crippen LogP contribution < -0.4 is 16.0 Å². The van der Waals surface area contributed by atoms with Crippen molar-refractivity contribution in [3.05, 3.63) is 167 Å². The predicted molar refractivity (Wildman–Crippen MR) is 192 cm³/mol. The quantitative estimate of drug-likeness (QED) is 0.183. The Labute approximate surface area is 277 Å². The standard InChI is InChI=1S/C42H32N4O2/c1-2-12-26(13-3-1)38-39-37(30-16-7-9-19-34(30)48-39)32(24-43-38)42-45-40(28-22-21-25-11-4-5-14-27(25)23-28)44-41(46-42)31-17-10-20-35-36(31)29-15-6-8-18-33(29)47-35/h1-22,24,28,38,40-41,44-46H,23H2. The van der Waals surface area contributed by atoms with Gasteiger partial charge < -0.3 is 19.5 Å². The maximum atomic E-state index is 6.63. The first kappa shape index (κ1) is 27.3. The SMILES string of the molecule is C1=CC(C2NC(=C3C=NC(c4ccccc4)c4oc5ccccc5c43)NC(c3cccc4oc5ccccc5c34)N2)Cc2ccccc21. The molecular weight excluding hydrogens is 592 g/mol. The van der Waals surface area contributed by atoms with Gasteiger partial charge in [-0.1, -0.05) is 115 Å². The minimum atomic E-state index is -0.227. The fourth-order valence-corrected chi connectivity index (χ4v) is 7.74. The molecule has 1 saturated heterocycles. The topological polar surface area (TPSA) is 74.7 Å². The molecule has 6 heteroatoms. The summed E-state index contributed by atoms with van der Waals surface area (Å²) in [5.74, 6) is 1.99. The van der Waals surface area contributed by atoms with Crippen LogP contribution >= 0.6 is 0 Å². The first-order valence-corrected chi connectivity index (χ1v) is 16.6. The van der Waals surface area contributed by atoms with Crippen molar-refractivity contribution in [1.82, 2.24) is 16.0 Å². The largest absolute Gasteiger partial charge is 0.458 e. The highest BCUT2D eigenvalue weighted by Crippen LogP contribution is 2.43. The highest BCUT2D eigenvalue weighted by molar-refractivity contribution is 6.17. The predicted octanol–water partition coefficient (Wildman–Crippen LogP) is 8.87. The molecule has 4 heterocycles. The lowest BCUT2D eigenvalue weighted by Crippen LogP contribution is -2.59. The van der Waals surface area contributed by atoms with Crippen LogP contribution in [-0.4, -0.2) is 12.4 Å². The van der Waals surface area contributed by atoms with Crippen molar-refractivity contribution in [1.29, 1.82) is 0 Å². The van der Waals surface area contributed by atoms with Crippen LogP contribution in [0.25, 0.3) is 44.6 Å². The molecule has 232 valence electrons. The number of rotatable bonds is 3. The smallest absolute Gasteiger partial charge is 0.142 e. The molecule has 0 spiro atoms. The molecule has 0 bridgehead atoms.